The van der Waals surface area contributed by atoms with Crippen molar-refractivity contribution in [2.75, 3.05) is 33.4 Å². The van der Waals surface area contributed by atoms with Gasteiger partial charge in [-0.15, -0.1) is 0 Å². The molecule has 3 aromatic rings. The largest absolute Gasteiger partial charge is 0.497 e. The molecule has 1 saturated heterocycles. The number of aromatic nitrogens is 3. The zero-order valence-corrected chi connectivity index (χ0v) is 18.3. The van der Waals surface area contributed by atoms with E-state index in [0.717, 1.165) is 48.6 Å². The SMILES string of the molecule is COc1ccc2nc(CCN3CCCCC3Cc3cc4c(cn3)OCCO4)c(=O)[nH]c2c1. The lowest BCUT2D eigenvalue weighted by Gasteiger charge is -2.35. The molecule has 1 fully saturated rings. The van der Waals surface area contributed by atoms with Crippen LogP contribution in [0, 0.1) is 0 Å². The van der Waals surface area contributed by atoms with Crippen molar-refractivity contribution >= 4 is 11.0 Å². The number of ether oxygens (including phenoxy) is 3. The first kappa shape index (κ1) is 20.8. The highest BCUT2D eigenvalue weighted by molar-refractivity contribution is 5.75. The molecule has 0 bridgehead atoms. The van der Waals surface area contributed by atoms with Crippen molar-refractivity contribution in [1.29, 1.82) is 0 Å². The van der Waals surface area contributed by atoms with E-state index in [0.29, 0.717) is 42.6 Å². The van der Waals surface area contributed by atoms with Gasteiger partial charge in [0.1, 0.15) is 24.7 Å². The predicted molar refractivity (Wildman–Crippen MR) is 121 cm³/mol. The first-order chi connectivity index (χ1) is 15.7. The van der Waals surface area contributed by atoms with E-state index in [1.54, 1.807) is 19.4 Å². The summed E-state index contributed by atoms with van der Waals surface area (Å²) in [5.74, 6) is 2.21. The lowest BCUT2D eigenvalue weighted by atomic mass is 9.97. The third kappa shape index (κ3) is 4.41. The van der Waals surface area contributed by atoms with Crippen LogP contribution in [0.5, 0.6) is 17.2 Å². The lowest BCUT2D eigenvalue weighted by Crippen LogP contribution is -2.42. The summed E-state index contributed by atoms with van der Waals surface area (Å²) < 4.78 is 16.5. The molecule has 1 aromatic carbocycles. The number of methoxy groups -OCH3 is 1. The second-order valence-electron chi connectivity index (χ2n) is 8.35. The van der Waals surface area contributed by atoms with Gasteiger partial charge in [0.15, 0.2) is 11.5 Å². The van der Waals surface area contributed by atoms with E-state index >= 15 is 0 Å². The summed E-state index contributed by atoms with van der Waals surface area (Å²) in [7, 11) is 1.61. The first-order valence-corrected chi connectivity index (χ1v) is 11.2. The lowest BCUT2D eigenvalue weighted by molar-refractivity contribution is 0.147. The topological polar surface area (TPSA) is 89.6 Å². The highest BCUT2D eigenvalue weighted by atomic mass is 16.6. The number of pyridine rings is 1. The summed E-state index contributed by atoms with van der Waals surface area (Å²) in [4.78, 5) is 27.2. The molecule has 0 spiro atoms. The summed E-state index contributed by atoms with van der Waals surface area (Å²) in [6.45, 7) is 2.97. The van der Waals surface area contributed by atoms with Crippen molar-refractivity contribution in [2.24, 2.45) is 0 Å². The highest BCUT2D eigenvalue weighted by Crippen LogP contribution is 2.30. The van der Waals surface area contributed by atoms with Crippen LogP contribution in [0.4, 0.5) is 0 Å². The van der Waals surface area contributed by atoms with Crippen LogP contribution in [-0.2, 0) is 12.8 Å². The number of fused-ring (bicyclic) bond motifs is 2. The Bertz CT molecular complexity index is 1160. The summed E-state index contributed by atoms with van der Waals surface area (Å²) in [5, 5.41) is 0. The van der Waals surface area contributed by atoms with E-state index in [9.17, 15) is 4.79 Å². The average molecular weight is 437 g/mol. The maximum absolute atomic E-state index is 12.6. The molecular weight excluding hydrogens is 408 g/mol. The van der Waals surface area contributed by atoms with Gasteiger partial charge in [-0.3, -0.25) is 14.7 Å². The van der Waals surface area contributed by atoms with Crippen LogP contribution in [-0.4, -0.2) is 59.3 Å². The van der Waals surface area contributed by atoms with Gasteiger partial charge in [0.25, 0.3) is 5.56 Å². The Morgan fingerprint density at radius 3 is 2.94 bits per heavy atom. The molecule has 1 N–H and O–H groups in total. The fourth-order valence-corrected chi connectivity index (χ4v) is 4.58. The molecule has 5 rings (SSSR count). The van der Waals surface area contributed by atoms with Crippen molar-refractivity contribution < 1.29 is 14.2 Å². The molecule has 0 saturated carbocycles. The zero-order valence-electron chi connectivity index (χ0n) is 18.3. The highest BCUT2D eigenvalue weighted by Gasteiger charge is 2.24. The molecule has 1 atom stereocenters. The normalized spacial score (nSPS) is 18.6. The van der Waals surface area contributed by atoms with Gasteiger partial charge >= 0.3 is 0 Å². The standard InChI is InChI=1S/C24H28N4O4/c1-30-18-5-6-19-21(14-18)27-24(29)20(26-19)7-9-28-8-3-2-4-17(28)12-16-13-22-23(15-25-16)32-11-10-31-22/h5-6,13-15,17H,2-4,7-12H2,1H3,(H,27,29). The summed E-state index contributed by atoms with van der Waals surface area (Å²) >= 11 is 0. The molecule has 0 aliphatic carbocycles. The molecule has 0 amide bonds. The van der Waals surface area contributed by atoms with Gasteiger partial charge in [-0.05, 0) is 31.5 Å². The summed E-state index contributed by atoms with van der Waals surface area (Å²) in [6.07, 6.45) is 6.75. The Labute approximate surface area is 186 Å². The maximum Gasteiger partial charge on any atom is 0.270 e. The Kier molecular flexibility index (Phi) is 5.94. The van der Waals surface area contributed by atoms with Gasteiger partial charge < -0.3 is 19.2 Å². The van der Waals surface area contributed by atoms with Crippen molar-refractivity contribution in [3.63, 3.8) is 0 Å². The van der Waals surface area contributed by atoms with Gasteiger partial charge in [0.05, 0.1) is 24.3 Å². The van der Waals surface area contributed by atoms with E-state index in [2.05, 4.69) is 19.9 Å². The molecule has 32 heavy (non-hydrogen) atoms. The smallest absolute Gasteiger partial charge is 0.270 e. The molecule has 168 valence electrons. The Hall–Kier alpha value is -3.13. The van der Waals surface area contributed by atoms with Crippen molar-refractivity contribution in [3.8, 4) is 17.2 Å². The number of H-pyrrole nitrogens is 1. The number of nitrogens with zero attached hydrogens (tertiary/aromatic N) is 3. The van der Waals surface area contributed by atoms with Crippen molar-refractivity contribution in [1.82, 2.24) is 19.9 Å². The third-order valence-electron chi connectivity index (χ3n) is 6.29. The molecule has 8 heteroatoms. The Morgan fingerprint density at radius 2 is 2.06 bits per heavy atom. The molecule has 2 aromatic heterocycles. The van der Waals surface area contributed by atoms with Gasteiger partial charge in [0.2, 0.25) is 0 Å². The third-order valence-corrected chi connectivity index (χ3v) is 6.29. The van der Waals surface area contributed by atoms with Gasteiger partial charge in [-0.25, -0.2) is 4.98 Å². The maximum atomic E-state index is 12.6. The van der Waals surface area contributed by atoms with Crippen molar-refractivity contribution in [2.45, 2.75) is 38.1 Å². The van der Waals surface area contributed by atoms with Crippen LogP contribution in [0.1, 0.15) is 30.7 Å². The van der Waals surface area contributed by atoms with Crippen LogP contribution in [0.25, 0.3) is 11.0 Å². The monoisotopic (exact) mass is 436 g/mol. The summed E-state index contributed by atoms with van der Waals surface area (Å²) in [5.41, 5.74) is 2.92. The van der Waals surface area contributed by atoms with E-state index in [-0.39, 0.29) is 5.56 Å². The van der Waals surface area contributed by atoms with Crippen LogP contribution in [0.15, 0.2) is 35.3 Å². The minimum atomic E-state index is -0.132. The van der Waals surface area contributed by atoms with Gasteiger partial charge in [-0.2, -0.15) is 0 Å². The average Bonchev–Trinajstić information content (AvgIpc) is 2.83. The number of nitrogens with one attached hydrogen (secondary N) is 1. The molecule has 2 aliphatic rings. The minimum absolute atomic E-state index is 0.132. The number of likely N-dealkylation sites (tertiary alicyclic amines) is 1. The number of aromatic amines is 1. The Morgan fingerprint density at radius 1 is 1.19 bits per heavy atom. The molecule has 2 aliphatic heterocycles. The second kappa shape index (κ2) is 9.16. The summed E-state index contributed by atoms with van der Waals surface area (Å²) in [6, 6.07) is 7.94. The molecular formula is C24H28N4O4. The van der Waals surface area contributed by atoms with Crippen LogP contribution in [0.2, 0.25) is 0 Å². The van der Waals surface area contributed by atoms with Gasteiger partial charge in [0, 0.05) is 43.3 Å². The van der Waals surface area contributed by atoms with Gasteiger partial charge in [-0.1, -0.05) is 6.42 Å². The quantitative estimate of drug-likeness (QED) is 0.635. The van der Waals surface area contributed by atoms with Crippen LogP contribution in [0.3, 0.4) is 0 Å². The fourth-order valence-electron chi connectivity index (χ4n) is 4.58. The number of rotatable bonds is 6. The number of hydrogen-bond acceptors (Lipinski definition) is 7. The molecule has 0 radical (unpaired) electrons. The molecule has 4 heterocycles. The van der Waals surface area contributed by atoms with E-state index in [1.807, 2.05) is 18.2 Å². The zero-order chi connectivity index (χ0) is 21.9. The van der Waals surface area contributed by atoms with Crippen LogP contribution >= 0.6 is 0 Å². The minimum Gasteiger partial charge on any atom is -0.497 e. The first-order valence-electron chi connectivity index (χ1n) is 11.2. The molecule has 1 unspecified atom stereocenters. The van der Waals surface area contributed by atoms with E-state index in [4.69, 9.17) is 14.2 Å². The number of piperidine rings is 1. The van der Waals surface area contributed by atoms with Crippen molar-refractivity contribution in [3.05, 3.63) is 52.2 Å². The predicted octanol–water partition coefficient (Wildman–Crippen LogP) is 2.74. The van der Waals surface area contributed by atoms with E-state index < -0.39 is 0 Å². The molecule has 8 nitrogen and oxygen atoms in total. The number of hydrogen-bond donors (Lipinski definition) is 1. The van der Waals surface area contributed by atoms with Crippen LogP contribution < -0.4 is 19.8 Å². The fraction of sp³-hybridized carbons (Fsp3) is 0.458. The number of benzene rings is 1. The van der Waals surface area contributed by atoms with E-state index in [1.165, 1.54) is 12.8 Å². The second-order valence-corrected chi connectivity index (χ2v) is 8.35. The Balaban J connectivity index is 1.28.